The number of allylic oxidation sites excluding steroid dienone is 2. The molecule has 1 aliphatic heterocycles. The van der Waals surface area contributed by atoms with Gasteiger partial charge >= 0.3 is 0 Å². The number of carbonyl (C=O) groups is 1. The molecule has 118 valence electrons. The normalized spacial score (nSPS) is 15.6. The minimum atomic E-state index is 0.0774. The molecule has 0 amide bonds. The summed E-state index contributed by atoms with van der Waals surface area (Å²) in [5.41, 5.74) is 3.07. The Balaban J connectivity index is 1.61. The highest BCUT2D eigenvalue weighted by Gasteiger charge is 2.17. The molecule has 1 aliphatic rings. The highest BCUT2D eigenvalue weighted by atomic mass is 16.1. The number of nitrogens with zero attached hydrogens (tertiary/aromatic N) is 2. The molecule has 1 fully saturated rings. The van der Waals surface area contributed by atoms with Gasteiger partial charge in [0.05, 0.1) is 0 Å². The zero-order valence-corrected chi connectivity index (χ0v) is 13.5. The van der Waals surface area contributed by atoms with Gasteiger partial charge in [0.1, 0.15) is 0 Å². The maximum absolute atomic E-state index is 12.3. The summed E-state index contributed by atoms with van der Waals surface area (Å²) in [6.45, 7) is 5.88. The first kappa shape index (κ1) is 15.3. The molecule has 0 atom stereocenters. The van der Waals surface area contributed by atoms with E-state index in [-0.39, 0.29) is 5.78 Å². The largest absolute Gasteiger partial charge is 0.371 e. The standard InChI is InChI=1S/C20H22N2O/c1-17(16-20(23)18-8-4-2-5-9-18)21-12-14-22(15-13-21)19-10-6-3-7-11-19/h2-11,16H,12-15H2,1H3. The molecule has 1 heterocycles. The molecule has 1 saturated heterocycles. The van der Waals surface area contributed by atoms with Crippen molar-refractivity contribution in [1.29, 1.82) is 0 Å². The van der Waals surface area contributed by atoms with Gasteiger partial charge in [-0.3, -0.25) is 4.79 Å². The second kappa shape index (κ2) is 7.14. The molecule has 2 aromatic rings. The lowest BCUT2D eigenvalue weighted by Gasteiger charge is -2.37. The summed E-state index contributed by atoms with van der Waals surface area (Å²) in [6.07, 6.45) is 1.76. The zero-order valence-electron chi connectivity index (χ0n) is 13.5. The number of para-hydroxylation sites is 1. The Hall–Kier alpha value is -2.55. The summed E-state index contributed by atoms with van der Waals surface area (Å²) in [5.74, 6) is 0.0774. The number of anilines is 1. The van der Waals surface area contributed by atoms with Crippen LogP contribution in [0.1, 0.15) is 17.3 Å². The fourth-order valence-corrected chi connectivity index (χ4v) is 2.92. The Morgan fingerprint density at radius 1 is 0.870 bits per heavy atom. The van der Waals surface area contributed by atoms with Crippen LogP contribution in [0.25, 0.3) is 0 Å². The molecule has 0 radical (unpaired) electrons. The Labute approximate surface area is 137 Å². The summed E-state index contributed by atoms with van der Waals surface area (Å²) in [6, 6.07) is 19.9. The fourth-order valence-electron chi connectivity index (χ4n) is 2.92. The van der Waals surface area contributed by atoms with Crippen LogP contribution in [-0.4, -0.2) is 36.9 Å². The molecule has 0 saturated carbocycles. The number of benzene rings is 2. The van der Waals surface area contributed by atoms with Crippen molar-refractivity contribution in [1.82, 2.24) is 4.90 Å². The number of hydrogen-bond donors (Lipinski definition) is 0. The molecular formula is C20H22N2O. The van der Waals surface area contributed by atoms with Crippen LogP contribution in [0, 0.1) is 0 Å². The fraction of sp³-hybridized carbons (Fsp3) is 0.250. The summed E-state index contributed by atoms with van der Waals surface area (Å²) < 4.78 is 0. The van der Waals surface area contributed by atoms with E-state index >= 15 is 0 Å². The van der Waals surface area contributed by atoms with Crippen molar-refractivity contribution in [3.8, 4) is 0 Å². The van der Waals surface area contributed by atoms with Crippen molar-refractivity contribution in [2.24, 2.45) is 0 Å². The van der Waals surface area contributed by atoms with E-state index in [1.165, 1.54) is 5.69 Å². The van der Waals surface area contributed by atoms with Crippen molar-refractivity contribution < 1.29 is 4.79 Å². The van der Waals surface area contributed by atoms with Crippen LogP contribution in [0.15, 0.2) is 72.4 Å². The monoisotopic (exact) mass is 306 g/mol. The van der Waals surface area contributed by atoms with Crippen molar-refractivity contribution in [3.63, 3.8) is 0 Å². The zero-order chi connectivity index (χ0) is 16.1. The van der Waals surface area contributed by atoms with E-state index in [2.05, 4.69) is 34.1 Å². The summed E-state index contributed by atoms with van der Waals surface area (Å²) in [7, 11) is 0. The molecule has 0 unspecified atom stereocenters. The molecule has 0 N–H and O–H groups in total. The Morgan fingerprint density at radius 3 is 2.04 bits per heavy atom. The lowest BCUT2D eigenvalue weighted by Crippen LogP contribution is -2.45. The van der Waals surface area contributed by atoms with Gasteiger partial charge in [-0.1, -0.05) is 48.5 Å². The number of carbonyl (C=O) groups excluding carboxylic acids is 1. The van der Waals surface area contributed by atoms with Crippen LogP contribution in [0.3, 0.4) is 0 Å². The lowest BCUT2D eigenvalue weighted by atomic mass is 10.1. The first-order chi connectivity index (χ1) is 11.2. The number of hydrogen-bond acceptors (Lipinski definition) is 3. The molecule has 23 heavy (non-hydrogen) atoms. The van der Waals surface area contributed by atoms with Crippen molar-refractivity contribution in [3.05, 3.63) is 78.0 Å². The van der Waals surface area contributed by atoms with Gasteiger partial charge < -0.3 is 9.80 Å². The second-order valence-electron chi connectivity index (χ2n) is 5.83. The van der Waals surface area contributed by atoms with Gasteiger partial charge in [-0.2, -0.15) is 0 Å². The molecule has 3 heteroatoms. The molecule has 3 nitrogen and oxygen atoms in total. The van der Waals surface area contributed by atoms with Gasteiger partial charge in [0.15, 0.2) is 5.78 Å². The van der Waals surface area contributed by atoms with E-state index in [1.807, 2.05) is 43.3 Å². The predicted molar refractivity (Wildman–Crippen MR) is 94.8 cm³/mol. The van der Waals surface area contributed by atoms with E-state index < -0.39 is 0 Å². The first-order valence-electron chi connectivity index (χ1n) is 8.06. The molecule has 0 bridgehead atoms. The Kier molecular flexibility index (Phi) is 4.77. The van der Waals surface area contributed by atoms with Crippen LogP contribution in [-0.2, 0) is 0 Å². The molecule has 0 aliphatic carbocycles. The van der Waals surface area contributed by atoms with Crippen LogP contribution in [0.2, 0.25) is 0 Å². The highest BCUT2D eigenvalue weighted by molar-refractivity contribution is 6.04. The third-order valence-corrected chi connectivity index (χ3v) is 4.30. The summed E-state index contributed by atoms with van der Waals surface area (Å²) >= 11 is 0. The minimum absolute atomic E-state index is 0.0774. The van der Waals surface area contributed by atoms with Crippen LogP contribution in [0.4, 0.5) is 5.69 Å². The van der Waals surface area contributed by atoms with E-state index in [0.717, 1.165) is 37.4 Å². The molecular weight excluding hydrogens is 284 g/mol. The molecule has 3 rings (SSSR count). The maximum Gasteiger partial charge on any atom is 0.187 e. The van der Waals surface area contributed by atoms with Crippen molar-refractivity contribution in [2.45, 2.75) is 6.92 Å². The van der Waals surface area contributed by atoms with Gasteiger partial charge in [0, 0.05) is 49.2 Å². The summed E-state index contributed by atoms with van der Waals surface area (Å²) in [4.78, 5) is 17.0. The smallest absolute Gasteiger partial charge is 0.187 e. The number of rotatable bonds is 4. The van der Waals surface area contributed by atoms with Crippen LogP contribution in [0.5, 0.6) is 0 Å². The van der Waals surface area contributed by atoms with Crippen molar-refractivity contribution in [2.75, 3.05) is 31.1 Å². The van der Waals surface area contributed by atoms with E-state index in [1.54, 1.807) is 6.08 Å². The predicted octanol–water partition coefficient (Wildman–Crippen LogP) is 3.60. The van der Waals surface area contributed by atoms with Crippen molar-refractivity contribution >= 4 is 11.5 Å². The molecule has 0 spiro atoms. The average Bonchev–Trinajstić information content (AvgIpc) is 2.63. The van der Waals surface area contributed by atoms with Gasteiger partial charge in [-0.15, -0.1) is 0 Å². The van der Waals surface area contributed by atoms with E-state index in [9.17, 15) is 4.79 Å². The number of piperazine rings is 1. The van der Waals surface area contributed by atoms with Crippen LogP contribution >= 0.6 is 0 Å². The third-order valence-electron chi connectivity index (χ3n) is 4.30. The van der Waals surface area contributed by atoms with Gasteiger partial charge in [0.25, 0.3) is 0 Å². The average molecular weight is 306 g/mol. The minimum Gasteiger partial charge on any atom is -0.371 e. The maximum atomic E-state index is 12.3. The number of ketones is 1. The Bertz CT molecular complexity index is 671. The Morgan fingerprint density at radius 2 is 1.43 bits per heavy atom. The van der Waals surface area contributed by atoms with E-state index in [4.69, 9.17) is 0 Å². The molecule has 2 aromatic carbocycles. The van der Waals surface area contributed by atoms with Crippen LogP contribution < -0.4 is 4.90 Å². The quantitative estimate of drug-likeness (QED) is 0.637. The summed E-state index contributed by atoms with van der Waals surface area (Å²) in [5, 5.41) is 0. The second-order valence-corrected chi connectivity index (χ2v) is 5.83. The SMILES string of the molecule is CC(=CC(=O)c1ccccc1)N1CCN(c2ccccc2)CC1. The van der Waals surface area contributed by atoms with Gasteiger partial charge in [-0.05, 0) is 19.1 Å². The third kappa shape index (κ3) is 3.81. The molecule has 0 aromatic heterocycles. The first-order valence-corrected chi connectivity index (χ1v) is 8.06. The lowest BCUT2D eigenvalue weighted by molar-refractivity contribution is 0.104. The van der Waals surface area contributed by atoms with E-state index in [0.29, 0.717) is 0 Å². The van der Waals surface area contributed by atoms with Gasteiger partial charge in [-0.25, -0.2) is 0 Å². The topological polar surface area (TPSA) is 23.6 Å². The highest BCUT2D eigenvalue weighted by Crippen LogP contribution is 2.17. The van der Waals surface area contributed by atoms with Gasteiger partial charge in [0.2, 0.25) is 0 Å².